The molecular weight excluding hydrogens is 532 g/mol. The number of aliphatic hydroxyl groups excluding tert-OH is 1. The van der Waals surface area contributed by atoms with E-state index in [9.17, 15) is 19.5 Å². The Labute approximate surface area is 250 Å². The van der Waals surface area contributed by atoms with Crippen LogP contribution in [0.4, 0.5) is 5.69 Å². The van der Waals surface area contributed by atoms with Gasteiger partial charge >= 0.3 is 5.97 Å². The number of esters is 1. The van der Waals surface area contributed by atoms with E-state index in [1.165, 1.54) is 0 Å². The maximum absolute atomic E-state index is 14.9. The number of amides is 2. The lowest BCUT2D eigenvalue weighted by molar-refractivity contribution is -0.163. The second-order valence-electron chi connectivity index (χ2n) is 12.9. The lowest BCUT2D eigenvalue weighted by atomic mass is 9.62. The minimum absolute atomic E-state index is 0.102. The molecule has 3 aliphatic heterocycles. The van der Waals surface area contributed by atoms with Crippen LogP contribution in [0.5, 0.6) is 0 Å². The molecule has 2 bridgehead atoms. The topological polar surface area (TPSA) is 96.4 Å². The minimum atomic E-state index is -1.23. The number of ether oxygens (including phenoxy) is 2. The van der Waals surface area contributed by atoms with Gasteiger partial charge in [0.1, 0.15) is 17.6 Å². The van der Waals surface area contributed by atoms with Gasteiger partial charge in [0, 0.05) is 12.2 Å². The average Bonchev–Trinajstić information content (AvgIpc) is 3.45. The van der Waals surface area contributed by atoms with Crippen LogP contribution in [0.2, 0.25) is 0 Å². The highest BCUT2D eigenvalue weighted by molar-refractivity contribution is 6.05. The summed E-state index contributed by atoms with van der Waals surface area (Å²) < 4.78 is 12.6. The number of anilines is 1. The lowest BCUT2D eigenvalue weighted by Crippen LogP contribution is -2.60. The van der Waals surface area contributed by atoms with Gasteiger partial charge in [-0.1, -0.05) is 45.1 Å². The molecule has 42 heavy (non-hydrogen) atoms. The van der Waals surface area contributed by atoms with Crippen molar-refractivity contribution in [2.75, 3.05) is 24.7 Å². The Hall–Kier alpha value is -2.97. The Balaban J connectivity index is 1.82. The fraction of sp³-hybridized carbons (Fsp3) is 0.618. The second kappa shape index (κ2) is 12.3. The first-order valence-corrected chi connectivity index (χ1v) is 15.3. The van der Waals surface area contributed by atoms with Gasteiger partial charge in [-0.05, 0) is 75.5 Å². The number of rotatable bonds is 13. The summed E-state index contributed by atoms with van der Waals surface area (Å²) in [5, 5.41) is 10.5. The van der Waals surface area contributed by atoms with Gasteiger partial charge in [0.05, 0.1) is 30.8 Å². The van der Waals surface area contributed by atoms with Crippen LogP contribution >= 0.6 is 0 Å². The van der Waals surface area contributed by atoms with E-state index in [0.717, 1.165) is 29.7 Å². The van der Waals surface area contributed by atoms with E-state index in [-0.39, 0.29) is 43.4 Å². The van der Waals surface area contributed by atoms with Gasteiger partial charge in [0.2, 0.25) is 5.91 Å². The number of nitrogens with zero attached hydrogens (tertiary/aromatic N) is 2. The van der Waals surface area contributed by atoms with Crippen LogP contribution in [0.3, 0.4) is 0 Å². The number of aryl methyl sites for hydroxylation is 2. The van der Waals surface area contributed by atoms with Crippen LogP contribution in [0.15, 0.2) is 43.5 Å². The number of likely N-dealkylation sites (tertiary alicyclic amines) is 1. The molecule has 1 aromatic rings. The molecule has 3 fully saturated rings. The van der Waals surface area contributed by atoms with E-state index in [0.29, 0.717) is 12.8 Å². The van der Waals surface area contributed by atoms with Gasteiger partial charge in [-0.2, -0.15) is 0 Å². The third kappa shape index (κ3) is 5.11. The molecule has 2 amide bonds. The van der Waals surface area contributed by atoms with Crippen LogP contribution in [-0.2, 0) is 23.9 Å². The third-order valence-electron chi connectivity index (χ3n) is 9.83. The fourth-order valence-corrected chi connectivity index (χ4v) is 7.54. The Morgan fingerprint density at radius 1 is 1.24 bits per heavy atom. The summed E-state index contributed by atoms with van der Waals surface area (Å²) in [5.41, 5.74) is 0.461. The normalized spacial score (nSPS) is 30.4. The highest BCUT2D eigenvalue weighted by Crippen LogP contribution is 2.66. The molecule has 0 aromatic heterocycles. The molecule has 0 aliphatic carbocycles. The summed E-state index contributed by atoms with van der Waals surface area (Å²) in [4.78, 5) is 46.4. The maximum Gasteiger partial charge on any atom is 0.312 e. The molecule has 230 valence electrons. The Kier molecular flexibility index (Phi) is 9.38. The second-order valence-corrected chi connectivity index (χ2v) is 12.9. The third-order valence-corrected chi connectivity index (χ3v) is 9.83. The number of hydrogen-bond donors (Lipinski definition) is 1. The van der Waals surface area contributed by atoms with Crippen molar-refractivity contribution in [2.45, 2.75) is 90.5 Å². The van der Waals surface area contributed by atoms with Gasteiger partial charge in [0.15, 0.2) is 0 Å². The number of aliphatic hydroxyl groups is 1. The van der Waals surface area contributed by atoms with Crippen LogP contribution in [0.1, 0.15) is 64.5 Å². The van der Waals surface area contributed by atoms with Gasteiger partial charge < -0.3 is 24.4 Å². The Bertz CT molecular complexity index is 1230. The standard InChI is InChI=1S/C34H48N2O6/c1-9-11-12-13-17-41-32(40)28-27-30(38)36(26(20-37)21(3)4)29(34(27)19-24(7)33(28,8)42-34)31(39)35(16-10-2)25-18-22(5)14-15-23(25)6/h9-10,14-15,18,21,24,26-29,37H,1-2,11-13,16-17,19-20H2,3-8H3/t24?,26-,27-,28+,29?,33-,34?/m0/s1. The molecule has 1 aromatic carbocycles. The molecule has 3 aliphatic rings. The van der Waals surface area contributed by atoms with Crippen molar-refractivity contribution in [1.29, 1.82) is 0 Å². The van der Waals surface area contributed by atoms with Crippen molar-refractivity contribution in [3.8, 4) is 0 Å². The minimum Gasteiger partial charge on any atom is -0.465 e. The summed E-state index contributed by atoms with van der Waals surface area (Å²) >= 11 is 0. The zero-order valence-corrected chi connectivity index (χ0v) is 26.1. The predicted molar refractivity (Wildman–Crippen MR) is 163 cm³/mol. The number of allylic oxidation sites excluding steroid dienone is 1. The monoisotopic (exact) mass is 580 g/mol. The number of unbranched alkanes of at least 4 members (excludes halogenated alkanes) is 2. The first kappa shape index (κ1) is 32.0. The van der Waals surface area contributed by atoms with Crippen molar-refractivity contribution >= 4 is 23.5 Å². The SMILES string of the molecule is C=CCCCCOC(=O)[C@H]1[C@H]2C(=O)N([C@@H](CO)C(C)C)C(C(=O)N(CC=C)c3cc(C)ccc3C)C23CC(C)[C@]1(C)O3. The van der Waals surface area contributed by atoms with Crippen LogP contribution in [-0.4, -0.2) is 70.8 Å². The van der Waals surface area contributed by atoms with Gasteiger partial charge in [-0.3, -0.25) is 14.4 Å². The largest absolute Gasteiger partial charge is 0.465 e. The number of carbonyl (C=O) groups is 3. The van der Waals surface area contributed by atoms with Gasteiger partial charge in [0.25, 0.3) is 5.91 Å². The van der Waals surface area contributed by atoms with Gasteiger partial charge in [-0.25, -0.2) is 0 Å². The summed E-state index contributed by atoms with van der Waals surface area (Å²) in [6.07, 6.45) is 6.34. The zero-order chi connectivity index (χ0) is 31.0. The molecule has 1 spiro atoms. The van der Waals surface area contributed by atoms with E-state index < -0.39 is 41.1 Å². The zero-order valence-electron chi connectivity index (χ0n) is 26.1. The number of carbonyl (C=O) groups excluding carboxylic acids is 3. The van der Waals surface area contributed by atoms with Crippen molar-refractivity contribution in [1.82, 2.24) is 4.90 Å². The molecule has 0 radical (unpaired) electrons. The quantitative estimate of drug-likeness (QED) is 0.206. The molecule has 4 rings (SSSR count). The summed E-state index contributed by atoms with van der Waals surface area (Å²) in [6.45, 7) is 19.5. The highest BCUT2D eigenvalue weighted by Gasteiger charge is 2.81. The number of hydrogen-bond acceptors (Lipinski definition) is 6. The van der Waals surface area contributed by atoms with E-state index in [2.05, 4.69) is 13.2 Å². The van der Waals surface area contributed by atoms with Crippen molar-refractivity contribution in [3.63, 3.8) is 0 Å². The molecule has 0 saturated carbocycles. The van der Waals surface area contributed by atoms with Crippen LogP contribution < -0.4 is 4.90 Å². The first-order chi connectivity index (χ1) is 19.9. The summed E-state index contributed by atoms with van der Waals surface area (Å²) in [7, 11) is 0. The lowest BCUT2D eigenvalue weighted by Gasteiger charge is -2.41. The Morgan fingerprint density at radius 2 is 1.95 bits per heavy atom. The van der Waals surface area contributed by atoms with Crippen molar-refractivity contribution < 1.29 is 29.0 Å². The molecule has 1 N–H and O–H groups in total. The van der Waals surface area contributed by atoms with E-state index in [4.69, 9.17) is 9.47 Å². The fourth-order valence-electron chi connectivity index (χ4n) is 7.54. The molecule has 8 heteroatoms. The van der Waals surface area contributed by atoms with Gasteiger partial charge in [-0.15, -0.1) is 13.2 Å². The maximum atomic E-state index is 14.9. The van der Waals surface area contributed by atoms with E-state index >= 15 is 0 Å². The van der Waals surface area contributed by atoms with E-state index in [1.807, 2.05) is 65.8 Å². The number of benzene rings is 1. The smallest absolute Gasteiger partial charge is 0.312 e. The predicted octanol–water partition coefficient (Wildman–Crippen LogP) is 4.75. The molecule has 3 saturated heterocycles. The highest BCUT2D eigenvalue weighted by atomic mass is 16.6. The summed E-state index contributed by atoms with van der Waals surface area (Å²) in [6, 6.07) is 4.27. The van der Waals surface area contributed by atoms with Crippen molar-refractivity contribution in [3.05, 3.63) is 54.6 Å². The molecule has 7 atom stereocenters. The number of fused-ring (bicyclic) bond motifs is 1. The van der Waals surface area contributed by atoms with Crippen LogP contribution in [0.25, 0.3) is 0 Å². The van der Waals surface area contributed by atoms with E-state index in [1.54, 1.807) is 15.9 Å². The van der Waals surface area contributed by atoms with Crippen LogP contribution in [0, 0.1) is 37.5 Å². The Morgan fingerprint density at radius 3 is 2.57 bits per heavy atom. The van der Waals surface area contributed by atoms with Crippen molar-refractivity contribution in [2.24, 2.45) is 23.7 Å². The molecule has 3 unspecified atom stereocenters. The molecule has 8 nitrogen and oxygen atoms in total. The molecule has 3 heterocycles. The summed E-state index contributed by atoms with van der Waals surface area (Å²) in [5.74, 6) is -3.07. The first-order valence-electron chi connectivity index (χ1n) is 15.3. The average molecular weight is 581 g/mol. The molecular formula is C34H48N2O6.